The molecule has 3 aromatic rings. The second kappa shape index (κ2) is 5.90. The van der Waals surface area contributed by atoms with E-state index in [0.29, 0.717) is 16.4 Å². The van der Waals surface area contributed by atoms with Crippen molar-refractivity contribution in [1.82, 2.24) is 4.98 Å². The van der Waals surface area contributed by atoms with Crippen LogP contribution in [-0.2, 0) is 0 Å². The average Bonchev–Trinajstić information content (AvgIpc) is 2.95. The van der Waals surface area contributed by atoms with Crippen LogP contribution in [0.1, 0.15) is 12.5 Å². The van der Waals surface area contributed by atoms with E-state index in [9.17, 15) is 10.1 Å². The number of aromatic nitrogens is 1. The van der Waals surface area contributed by atoms with Gasteiger partial charge in [0, 0.05) is 6.07 Å². The highest BCUT2D eigenvalue weighted by atomic mass is 32.1. The molecule has 0 atom stereocenters. The molecule has 0 saturated carbocycles. The number of thiazole rings is 1. The number of benzene rings is 2. The van der Waals surface area contributed by atoms with Gasteiger partial charge in [-0.1, -0.05) is 35.6 Å². The topological polar surface area (TPSA) is 80.4 Å². The summed E-state index contributed by atoms with van der Waals surface area (Å²) in [6.07, 6.45) is 0. The summed E-state index contributed by atoms with van der Waals surface area (Å²) in [5, 5.41) is 15.9. The number of nitrogens with zero attached hydrogens (tertiary/aromatic N) is 3. The lowest BCUT2D eigenvalue weighted by atomic mass is 10.1. The normalized spacial score (nSPS) is 11.6. The number of nitrogens with one attached hydrogen (secondary N) is 1. The van der Waals surface area contributed by atoms with E-state index < -0.39 is 4.92 Å². The molecule has 1 aromatic heterocycles. The number of rotatable bonds is 4. The van der Waals surface area contributed by atoms with Gasteiger partial charge < -0.3 is 0 Å². The Morgan fingerprint density at radius 2 is 1.95 bits per heavy atom. The Kier molecular flexibility index (Phi) is 3.80. The number of nitro groups is 1. The molecule has 0 radical (unpaired) electrons. The first-order chi connectivity index (χ1) is 10.6. The number of hydrazone groups is 1. The molecule has 0 fully saturated rings. The molecule has 0 aliphatic carbocycles. The van der Waals surface area contributed by atoms with Crippen LogP contribution in [0.2, 0.25) is 0 Å². The highest BCUT2D eigenvalue weighted by Crippen LogP contribution is 2.25. The van der Waals surface area contributed by atoms with Crippen molar-refractivity contribution >= 4 is 38.1 Å². The van der Waals surface area contributed by atoms with Crippen molar-refractivity contribution in [2.24, 2.45) is 5.10 Å². The van der Waals surface area contributed by atoms with Gasteiger partial charge in [0.2, 0.25) is 5.13 Å². The summed E-state index contributed by atoms with van der Waals surface area (Å²) in [5.74, 6) is 0. The van der Waals surface area contributed by atoms with Crippen molar-refractivity contribution < 1.29 is 4.92 Å². The predicted molar refractivity (Wildman–Crippen MR) is 88.6 cm³/mol. The van der Waals surface area contributed by atoms with Crippen molar-refractivity contribution in [3.8, 4) is 0 Å². The molecule has 1 heterocycles. The third-order valence-electron chi connectivity index (χ3n) is 3.10. The second-order valence-corrected chi connectivity index (χ2v) is 5.60. The largest absolute Gasteiger partial charge is 0.278 e. The van der Waals surface area contributed by atoms with E-state index in [2.05, 4.69) is 15.5 Å². The SMILES string of the molecule is C/C(=N/Nc1nc2ccccc2s1)c1ccccc1[N+](=O)[O-]. The summed E-state index contributed by atoms with van der Waals surface area (Å²) in [6, 6.07) is 14.3. The van der Waals surface area contributed by atoms with Gasteiger partial charge in [0.25, 0.3) is 5.69 Å². The van der Waals surface area contributed by atoms with Crippen LogP contribution in [0.25, 0.3) is 10.2 Å². The van der Waals surface area contributed by atoms with Gasteiger partial charge in [-0.25, -0.2) is 4.98 Å². The minimum atomic E-state index is -0.411. The van der Waals surface area contributed by atoms with Crippen LogP contribution in [0.3, 0.4) is 0 Å². The number of hydrogen-bond acceptors (Lipinski definition) is 6. The van der Waals surface area contributed by atoms with Gasteiger partial charge in [-0.05, 0) is 25.1 Å². The molecule has 1 N–H and O–H groups in total. The molecule has 7 heteroatoms. The summed E-state index contributed by atoms with van der Waals surface area (Å²) >= 11 is 1.48. The van der Waals surface area contributed by atoms with Crippen molar-refractivity contribution in [3.05, 3.63) is 64.2 Å². The standard InChI is InChI=1S/C15H12N4O2S/c1-10(11-6-2-4-8-13(11)19(20)21)17-18-15-16-12-7-3-5-9-14(12)22-15/h2-9H,1H3,(H,16,18)/b17-10-. The Bertz CT molecular complexity index is 840. The molecule has 0 aliphatic rings. The van der Waals surface area contributed by atoms with E-state index in [1.165, 1.54) is 17.4 Å². The first-order valence-corrected chi connectivity index (χ1v) is 7.36. The smallest absolute Gasteiger partial charge is 0.258 e. The molecule has 22 heavy (non-hydrogen) atoms. The maximum atomic E-state index is 11.0. The van der Waals surface area contributed by atoms with Crippen LogP contribution >= 0.6 is 11.3 Å². The number of para-hydroxylation sites is 2. The molecule has 2 aromatic carbocycles. The molecular weight excluding hydrogens is 300 g/mol. The minimum absolute atomic E-state index is 0.0369. The Balaban J connectivity index is 1.87. The third kappa shape index (κ3) is 2.79. The quantitative estimate of drug-likeness (QED) is 0.448. The first-order valence-electron chi connectivity index (χ1n) is 6.55. The summed E-state index contributed by atoms with van der Waals surface area (Å²) in [4.78, 5) is 15.0. The van der Waals surface area contributed by atoms with Crippen LogP contribution in [0, 0.1) is 10.1 Å². The predicted octanol–water partition coefficient (Wildman–Crippen LogP) is 4.04. The number of hydrogen-bond donors (Lipinski definition) is 1. The van der Waals surface area contributed by atoms with Gasteiger partial charge in [-0.3, -0.25) is 15.5 Å². The summed E-state index contributed by atoms with van der Waals surface area (Å²) in [6.45, 7) is 1.72. The van der Waals surface area contributed by atoms with E-state index in [-0.39, 0.29) is 5.69 Å². The zero-order chi connectivity index (χ0) is 15.5. The minimum Gasteiger partial charge on any atom is -0.258 e. The summed E-state index contributed by atoms with van der Waals surface area (Å²) < 4.78 is 1.06. The molecule has 3 rings (SSSR count). The van der Waals surface area contributed by atoms with Crippen molar-refractivity contribution in [2.45, 2.75) is 6.92 Å². The molecule has 0 saturated heterocycles. The van der Waals surface area contributed by atoms with Crippen molar-refractivity contribution in [1.29, 1.82) is 0 Å². The van der Waals surface area contributed by atoms with E-state index in [4.69, 9.17) is 0 Å². The van der Waals surface area contributed by atoms with Gasteiger partial charge >= 0.3 is 0 Å². The molecule has 6 nitrogen and oxygen atoms in total. The number of fused-ring (bicyclic) bond motifs is 1. The van der Waals surface area contributed by atoms with Crippen LogP contribution in [0.4, 0.5) is 10.8 Å². The zero-order valence-corrected chi connectivity index (χ0v) is 12.5. The molecular formula is C15H12N4O2S. The van der Waals surface area contributed by atoms with E-state index in [1.54, 1.807) is 25.1 Å². The third-order valence-corrected chi connectivity index (χ3v) is 4.04. The van der Waals surface area contributed by atoms with Crippen molar-refractivity contribution in [2.75, 3.05) is 5.43 Å². The Hall–Kier alpha value is -2.80. The molecule has 0 bridgehead atoms. The lowest BCUT2D eigenvalue weighted by molar-refractivity contribution is -0.385. The van der Waals surface area contributed by atoms with Gasteiger partial charge in [0.1, 0.15) is 0 Å². The van der Waals surface area contributed by atoms with Gasteiger partial charge in [0.15, 0.2) is 0 Å². The molecule has 0 unspecified atom stereocenters. The lowest BCUT2D eigenvalue weighted by Gasteiger charge is -2.02. The maximum Gasteiger partial charge on any atom is 0.278 e. The maximum absolute atomic E-state index is 11.0. The molecule has 0 aliphatic heterocycles. The lowest BCUT2D eigenvalue weighted by Crippen LogP contribution is -2.03. The van der Waals surface area contributed by atoms with Gasteiger partial charge in [0.05, 0.1) is 26.4 Å². The highest BCUT2D eigenvalue weighted by molar-refractivity contribution is 7.22. The van der Waals surface area contributed by atoms with Crippen LogP contribution in [-0.4, -0.2) is 15.6 Å². The monoisotopic (exact) mass is 312 g/mol. The zero-order valence-electron chi connectivity index (χ0n) is 11.7. The molecule has 0 spiro atoms. The fourth-order valence-corrected chi connectivity index (χ4v) is 2.86. The molecule has 110 valence electrons. The summed E-state index contributed by atoms with van der Waals surface area (Å²) in [5.41, 5.74) is 4.83. The van der Waals surface area contributed by atoms with Crippen LogP contribution < -0.4 is 5.43 Å². The van der Waals surface area contributed by atoms with Gasteiger partial charge in [-0.2, -0.15) is 5.10 Å². The Labute approximate surface area is 130 Å². The Morgan fingerprint density at radius 3 is 2.73 bits per heavy atom. The average molecular weight is 312 g/mol. The molecule has 0 amide bonds. The highest BCUT2D eigenvalue weighted by Gasteiger charge is 2.14. The summed E-state index contributed by atoms with van der Waals surface area (Å²) in [7, 11) is 0. The van der Waals surface area contributed by atoms with E-state index in [1.807, 2.05) is 24.3 Å². The van der Waals surface area contributed by atoms with Gasteiger partial charge in [-0.15, -0.1) is 0 Å². The van der Waals surface area contributed by atoms with E-state index in [0.717, 1.165) is 10.2 Å². The van der Waals surface area contributed by atoms with Crippen LogP contribution in [0.5, 0.6) is 0 Å². The first kappa shape index (κ1) is 14.2. The van der Waals surface area contributed by atoms with Crippen molar-refractivity contribution in [3.63, 3.8) is 0 Å². The van der Waals surface area contributed by atoms with E-state index >= 15 is 0 Å². The fourth-order valence-electron chi connectivity index (χ4n) is 2.05. The second-order valence-electron chi connectivity index (χ2n) is 4.57. The number of nitro benzene ring substituents is 1. The fraction of sp³-hybridized carbons (Fsp3) is 0.0667. The Morgan fingerprint density at radius 1 is 1.23 bits per heavy atom. The van der Waals surface area contributed by atoms with Crippen LogP contribution in [0.15, 0.2) is 53.6 Å². The number of anilines is 1.